The van der Waals surface area contributed by atoms with Gasteiger partial charge in [-0.2, -0.15) is 0 Å². The Kier molecular flexibility index (Phi) is 7.02. The standard InChI is InChI=1S/C20H23ClN2O2/c1-3-15(4-2)20(25)23-18-11-7-16(8-12-18)19(24)22-13-14-5-9-17(21)10-6-14/h5-12,15H,3-4,13H2,1-2H3,(H,22,24)(H,23,25). The number of amides is 2. The average Bonchev–Trinajstić information content (AvgIpc) is 2.62. The monoisotopic (exact) mass is 358 g/mol. The zero-order valence-corrected chi connectivity index (χ0v) is 15.3. The molecule has 0 saturated heterocycles. The lowest BCUT2D eigenvalue weighted by Crippen LogP contribution is -2.23. The number of anilines is 1. The lowest BCUT2D eigenvalue weighted by atomic mass is 10.0. The first-order valence-electron chi connectivity index (χ1n) is 8.47. The van der Waals surface area contributed by atoms with Crippen LogP contribution in [0, 0.1) is 5.92 Å². The van der Waals surface area contributed by atoms with Crippen LogP contribution < -0.4 is 10.6 Å². The predicted octanol–water partition coefficient (Wildman–Crippen LogP) is 4.64. The van der Waals surface area contributed by atoms with Gasteiger partial charge in [0.15, 0.2) is 0 Å². The van der Waals surface area contributed by atoms with Crippen molar-refractivity contribution in [1.29, 1.82) is 0 Å². The Labute approximate surface area is 153 Å². The molecule has 5 heteroatoms. The number of carbonyl (C=O) groups is 2. The van der Waals surface area contributed by atoms with Gasteiger partial charge in [0.2, 0.25) is 5.91 Å². The van der Waals surface area contributed by atoms with Crippen molar-refractivity contribution < 1.29 is 9.59 Å². The first-order valence-corrected chi connectivity index (χ1v) is 8.84. The second-order valence-electron chi connectivity index (χ2n) is 5.89. The molecule has 2 aromatic carbocycles. The summed E-state index contributed by atoms with van der Waals surface area (Å²) in [7, 11) is 0. The van der Waals surface area contributed by atoms with Gasteiger partial charge in [-0.05, 0) is 54.8 Å². The Bertz CT molecular complexity index is 707. The van der Waals surface area contributed by atoms with E-state index in [0.717, 1.165) is 18.4 Å². The van der Waals surface area contributed by atoms with E-state index in [9.17, 15) is 9.59 Å². The van der Waals surface area contributed by atoms with Crippen LogP contribution in [0.5, 0.6) is 0 Å². The number of hydrogen-bond acceptors (Lipinski definition) is 2. The van der Waals surface area contributed by atoms with Crippen LogP contribution in [0.3, 0.4) is 0 Å². The summed E-state index contributed by atoms with van der Waals surface area (Å²) in [6.45, 7) is 4.44. The van der Waals surface area contributed by atoms with E-state index in [1.165, 1.54) is 0 Å². The first-order chi connectivity index (χ1) is 12.0. The quantitative estimate of drug-likeness (QED) is 0.757. The molecular formula is C20H23ClN2O2. The van der Waals surface area contributed by atoms with E-state index in [0.29, 0.717) is 22.8 Å². The molecule has 0 unspecified atom stereocenters. The van der Waals surface area contributed by atoms with Crippen LogP contribution in [0.15, 0.2) is 48.5 Å². The van der Waals surface area contributed by atoms with E-state index in [4.69, 9.17) is 11.6 Å². The molecule has 0 saturated carbocycles. The number of halogens is 1. The summed E-state index contributed by atoms with van der Waals surface area (Å²) in [5.41, 5.74) is 2.23. The average molecular weight is 359 g/mol. The number of benzene rings is 2. The smallest absolute Gasteiger partial charge is 0.251 e. The minimum Gasteiger partial charge on any atom is -0.348 e. The Morgan fingerprint density at radius 3 is 2.12 bits per heavy atom. The highest BCUT2D eigenvalue weighted by Crippen LogP contribution is 2.15. The molecular weight excluding hydrogens is 336 g/mol. The lowest BCUT2D eigenvalue weighted by molar-refractivity contribution is -0.120. The SMILES string of the molecule is CCC(CC)C(=O)Nc1ccc(C(=O)NCc2ccc(Cl)cc2)cc1. The van der Waals surface area contributed by atoms with Crippen LogP contribution in [-0.2, 0) is 11.3 Å². The van der Waals surface area contributed by atoms with Gasteiger partial charge >= 0.3 is 0 Å². The molecule has 0 radical (unpaired) electrons. The molecule has 0 aromatic heterocycles. The molecule has 0 aliphatic rings. The van der Waals surface area contributed by atoms with Crippen molar-refractivity contribution in [3.63, 3.8) is 0 Å². The largest absolute Gasteiger partial charge is 0.348 e. The maximum Gasteiger partial charge on any atom is 0.251 e. The fourth-order valence-electron chi connectivity index (χ4n) is 2.50. The molecule has 2 N–H and O–H groups in total. The maximum atomic E-state index is 12.2. The first kappa shape index (κ1) is 19.0. The van der Waals surface area contributed by atoms with E-state index >= 15 is 0 Å². The topological polar surface area (TPSA) is 58.2 Å². The summed E-state index contributed by atoms with van der Waals surface area (Å²) >= 11 is 5.84. The Morgan fingerprint density at radius 1 is 0.960 bits per heavy atom. The second-order valence-corrected chi connectivity index (χ2v) is 6.33. The van der Waals surface area contributed by atoms with Gasteiger partial charge in [0.1, 0.15) is 0 Å². The van der Waals surface area contributed by atoms with Crippen molar-refractivity contribution in [2.24, 2.45) is 5.92 Å². The molecule has 0 heterocycles. The Hall–Kier alpha value is -2.33. The van der Waals surface area contributed by atoms with Crippen molar-refractivity contribution in [2.45, 2.75) is 33.2 Å². The molecule has 0 aliphatic carbocycles. The minimum absolute atomic E-state index is 0.0161. The van der Waals surface area contributed by atoms with E-state index in [1.54, 1.807) is 36.4 Å². The molecule has 0 atom stereocenters. The Morgan fingerprint density at radius 2 is 1.56 bits per heavy atom. The molecule has 4 nitrogen and oxygen atoms in total. The molecule has 132 valence electrons. The van der Waals surface area contributed by atoms with Crippen LogP contribution >= 0.6 is 11.6 Å². The highest BCUT2D eigenvalue weighted by molar-refractivity contribution is 6.30. The number of carbonyl (C=O) groups excluding carboxylic acids is 2. The van der Waals surface area contributed by atoms with E-state index in [-0.39, 0.29) is 17.7 Å². The van der Waals surface area contributed by atoms with Crippen LogP contribution in [-0.4, -0.2) is 11.8 Å². The molecule has 2 amide bonds. The van der Waals surface area contributed by atoms with Crippen LogP contribution in [0.1, 0.15) is 42.6 Å². The van der Waals surface area contributed by atoms with Crippen LogP contribution in [0.25, 0.3) is 0 Å². The van der Waals surface area contributed by atoms with Gasteiger partial charge in [-0.25, -0.2) is 0 Å². The summed E-state index contributed by atoms with van der Waals surface area (Å²) in [5, 5.41) is 6.42. The van der Waals surface area contributed by atoms with Crippen molar-refractivity contribution in [3.8, 4) is 0 Å². The zero-order chi connectivity index (χ0) is 18.2. The lowest BCUT2D eigenvalue weighted by Gasteiger charge is -2.13. The molecule has 2 aromatic rings. The summed E-state index contributed by atoms with van der Waals surface area (Å²) in [4.78, 5) is 24.3. The molecule has 0 fully saturated rings. The van der Waals surface area contributed by atoms with Gasteiger partial charge in [-0.3, -0.25) is 9.59 Å². The second kappa shape index (κ2) is 9.23. The van der Waals surface area contributed by atoms with E-state index in [1.807, 2.05) is 26.0 Å². The van der Waals surface area contributed by atoms with Gasteiger partial charge in [0.25, 0.3) is 5.91 Å². The van der Waals surface area contributed by atoms with Gasteiger partial charge in [0, 0.05) is 28.7 Å². The number of nitrogens with one attached hydrogen (secondary N) is 2. The van der Waals surface area contributed by atoms with Gasteiger partial charge in [-0.15, -0.1) is 0 Å². The minimum atomic E-state index is -0.159. The summed E-state index contributed by atoms with van der Waals surface area (Å²) in [5.74, 6) is -0.125. The van der Waals surface area contributed by atoms with Crippen LogP contribution in [0.2, 0.25) is 5.02 Å². The Balaban J connectivity index is 1.91. The summed E-state index contributed by atoms with van der Waals surface area (Å²) < 4.78 is 0. The van der Waals surface area contributed by atoms with E-state index < -0.39 is 0 Å². The number of rotatable bonds is 7. The molecule has 2 rings (SSSR count). The van der Waals surface area contributed by atoms with E-state index in [2.05, 4.69) is 10.6 Å². The number of hydrogen-bond donors (Lipinski definition) is 2. The van der Waals surface area contributed by atoms with Gasteiger partial charge in [-0.1, -0.05) is 37.6 Å². The molecule has 0 bridgehead atoms. The summed E-state index contributed by atoms with van der Waals surface area (Å²) in [6.07, 6.45) is 1.63. The third-order valence-electron chi connectivity index (χ3n) is 4.14. The van der Waals surface area contributed by atoms with Crippen molar-refractivity contribution in [3.05, 3.63) is 64.7 Å². The highest BCUT2D eigenvalue weighted by Gasteiger charge is 2.14. The fourth-order valence-corrected chi connectivity index (χ4v) is 2.62. The molecule has 0 aliphatic heterocycles. The third kappa shape index (κ3) is 5.61. The normalized spacial score (nSPS) is 10.6. The molecule has 0 spiro atoms. The van der Waals surface area contributed by atoms with Crippen molar-refractivity contribution in [2.75, 3.05) is 5.32 Å². The van der Waals surface area contributed by atoms with Crippen molar-refractivity contribution >= 4 is 29.1 Å². The third-order valence-corrected chi connectivity index (χ3v) is 4.39. The van der Waals surface area contributed by atoms with Gasteiger partial charge < -0.3 is 10.6 Å². The predicted molar refractivity (Wildman–Crippen MR) is 102 cm³/mol. The summed E-state index contributed by atoms with van der Waals surface area (Å²) in [6, 6.07) is 14.2. The van der Waals surface area contributed by atoms with Crippen molar-refractivity contribution in [1.82, 2.24) is 5.32 Å². The molecule has 25 heavy (non-hydrogen) atoms. The van der Waals surface area contributed by atoms with Gasteiger partial charge in [0.05, 0.1) is 0 Å². The fraction of sp³-hybridized carbons (Fsp3) is 0.300. The zero-order valence-electron chi connectivity index (χ0n) is 14.5. The van der Waals surface area contributed by atoms with Crippen LogP contribution in [0.4, 0.5) is 5.69 Å². The highest BCUT2D eigenvalue weighted by atomic mass is 35.5. The maximum absolute atomic E-state index is 12.2.